The molecule has 1 aromatic carbocycles. The molecule has 5 nitrogen and oxygen atoms in total. The molecule has 24 heavy (non-hydrogen) atoms. The van der Waals surface area contributed by atoms with Crippen LogP contribution in [0.4, 0.5) is 11.4 Å². The topological polar surface area (TPSA) is 66.5 Å². The molecule has 0 atom stereocenters. The first kappa shape index (κ1) is 17.0. The van der Waals surface area contributed by atoms with Crippen molar-refractivity contribution in [3.63, 3.8) is 0 Å². The van der Waals surface area contributed by atoms with Crippen LogP contribution in [0.15, 0.2) is 40.6 Å². The quantitative estimate of drug-likeness (QED) is 0.851. The summed E-state index contributed by atoms with van der Waals surface area (Å²) < 4.78 is 27.7. The lowest BCUT2D eigenvalue weighted by Crippen LogP contribution is -2.30. The monoisotopic (exact) mass is 364 g/mol. The summed E-state index contributed by atoms with van der Waals surface area (Å²) in [5.74, 6) is 0.0107. The minimum absolute atomic E-state index is 0.0107. The zero-order chi connectivity index (χ0) is 17.3. The molecule has 0 unspecified atom stereocenters. The Labute approximate surface area is 146 Å². The van der Waals surface area contributed by atoms with Crippen LogP contribution in [0.3, 0.4) is 0 Å². The van der Waals surface area contributed by atoms with Gasteiger partial charge in [-0.05, 0) is 55.7 Å². The van der Waals surface area contributed by atoms with E-state index in [9.17, 15) is 13.2 Å². The summed E-state index contributed by atoms with van der Waals surface area (Å²) in [6.07, 6.45) is 2.86. The van der Waals surface area contributed by atoms with Crippen LogP contribution in [0.25, 0.3) is 0 Å². The van der Waals surface area contributed by atoms with Crippen LogP contribution in [0.2, 0.25) is 0 Å². The molecule has 7 heteroatoms. The lowest BCUT2D eigenvalue weighted by Gasteiger charge is -2.21. The molecule has 2 aromatic rings. The molecule has 1 saturated carbocycles. The first-order valence-corrected chi connectivity index (χ1v) is 10.2. The van der Waals surface area contributed by atoms with E-state index < -0.39 is 10.0 Å². The van der Waals surface area contributed by atoms with E-state index in [2.05, 4.69) is 4.72 Å². The van der Waals surface area contributed by atoms with Crippen molar-refractivity contribution in [3.8, 4) is 0 Å². The molecule has 1 aliphatic rings. The summed E-state index contributed by atoms with van der Waals surface area (Å²) in [6, 6.07) is 10.7. The van der Waals surface area contributed by atoms with E-state index >= 15 is 0 Å². The summed E-state index contributed by atoms with van der Waals surface area (Å²) in [4.78, 5) is 14.6. The average molecular weight is 364 g/mol. The van der Waals surface area contributed by atoms with Crippen molar-refractivity contribution in [2.24, 2.45) is 0 Å². The molecule has 0 bridgehead atoms. The number of nitrogens with one attached hydrogen (secondary N) is 1. The summed E-state index contributed by atoms with van der Waals surface area (Å²) in [7, 11) is -3.57. The smallest absolute Gasteiger partial charge is 0.271 e. The molecule has 3 rings (SSSR count). The molecule has 1 amide bonds. The van der Waals surface area contributed by atoms with Crippen molar-refractivity contribution in [2.45, 2.75) is 43.4 Å². The predicted molar refractivity (Wildman–Crippen MR) is 97.1 cm³/mol. The normalized spacial score (nSPS) is 14.4. The zero-order valence-corrected chi connectivity index (χ0v) is 15.3. The van der Waals surface area contributed by atoms with Crippen molar-refractivity contribution >= 4 is 38.6 Å². The number of anilines is 2. The van der Waals surface area contributed by atoms with E-state index in [1.807, 2.05) is 13.0 Å². The maximum atomic E-state index is 12.4. The second-order valence-corrected chi connectivity index (χ2v) is 8.92. The lowest BCUT2D eigenvalue weighted by molar-refractivity contribution is -0.116. The Morgan fingerprint density at radius 1 is 1.21 bits per heavy atom. The first-order valence-electron chi connectivity index (χ1n) is 7.92. The third kappa shape index (κ3) is 3.62. The van der Waals surface area contributed by atoms with Crippen LogP contribution < -0.4 is 9.62 Å². The highest BCUT2D eigenvalue weighted by Crippen LogP contribution is 2.32. The van der Waals surface area contributed by atoms with Crippen molar-refractivity contribution < 1.29 is 13.2 Å². The highest BCUT2D eigenvalue weighted by molar-refractivity contribution is 7.94. The van der Waals surface area contributed by atoms with E-state index in [1.54, 1.807) is 42.2 Å². The van der Waals surface area contributed by atoms with E-state index in [0.29, 0.717) is 9.90 Å². The van der Waals surface area contributed by atoms with Crippen molar-refractivity contribution in [2.75, 3.05) is 9.62 Å². The van der Waals surface area contributed by atoms with Crippen LogP contribution in [0.1, 0.15) is 31.6 Å². The van der Waals surface area contributed by atoms with Gasteiger partial charge in [-0.1, -0.05) is 6.92 Å². The third-order valence-corrected chi connectivity index (χ3v) is 7.00. The predicted octanol–water partition coefficient (Wildman–Crippen LogP) is 3.63. The molecule has 0 aliphatic heterocycles. The SMILES string of the molecule is CCc1ccc(S(=O)(=O)Nc2ccc(N(C(C)=O)C3CC3)cc2)s1. The average Bonchev–Trinajstić information content (AvgIpc) is 3.23. The highest BCUT2D eigenvalue weighted by atomic mass is 32.2. The first-order chi connectivity index (χ1) is 11.4. The Morgan fingerprint density at radius 3 is 2.38 bits per heavy atom. The van der Waals surface area contributed by atoms with Crippen LogP contribution in [-0.2, 0) is 21.2 Å². The van der Waals surface area contributed by atoms with Gasteiger partial charge in [-0.2, -0.15) is 0 Å². The molecule has 1 N–H and O–H groups in total. The van der Waals surface area contributed by atoms with Crippen LogP contribution >= 0.6 is 11.3 Å². The molecular formula is C17H20N2O3S2. The van der Waals surface area contributed by atoms with Gasteiger partial charge in [0.25, 0.3) is 10.0 Å². The van der Waals surface area contributed by atoms with Crippen molar-refractivity contribution in [3.05, 3.63) is 41.3 Å². The fourth-order valence-corrected chi connectivity index (χ4v) is 4.92. The Balaban J connectivity index is 1.77. The number of amides is 1. The Hall–Kier alpha value is -1.86. The van der Waals surface area contributed by atoms with Crippen molar-refractivity contribution in [1.82, 2.24) is 0 Å². The number of carbonyl (C=O) groups excluding carboxylic acids is 1. The van der Waals surface area contributed by atoms with Crippen molar-refractivity contribution in [1.29, 1.82) is 0 Å². The van der Waals surface area contributed by atoms with E-state index in [1.165, 1.54) is 11.3 Å². The molecule has 1 heterocycles. The Bertz CT molecular complexity index is 837. The number of carbonyl (C=O) groups is 1. The van der Waals surface area contributed by atoms with Crippen LogP contribution in [-0.4, -0.2) is 20.4 Å². The minimum Gasteiger partial charge on any atom is -0.310 e. The maximum absolute atomic E-state index is 12.4. The van der Waals surface area contributed by atoms with Gasteiger partial charge in [0.15, 0.2) is 0 Å². The number of aryl methyl sites for hydroxylation is 1. The zero-order valence-electron chi connectivity index (χ0n) is 13.7. The molecular weight excluding hydrogens is 344 g/mol. The Morgan fingerprint density at radius 2 is 1.88 bits per heavy atom. The number of rotatable bonds is 6. The second-order valence-electron chi connectivity index (χ2n) is 5.85. The molecule has 128 valence electrons. The van der Waals surface area contributed by atoms with Gasteiger partial charge in [0.2, 0.25) is 5.91 Å². The van der Waals surface area contributed by atoms with Gasteiger partial charge in [-0.25, -0.2) is 8.42 Å². The van der Waals surface area contributed by atoms with Gasteiger partial charge in [-0.3, -0.25) is 9.52 Å². The fourth-order valence-electron chi connectivity index (χ4n) is 2.57. The number of sulfonamides is 1. The van der Waals surface area contributed by atoms with Gasteiger partial charge in [0.05, 0.1) is 0 Å². The minimum atomic E-state index is -3.57. The Kier molecular flexibility index (Phi) is 4.64. The summed E-state index contributed by atoms with van der Waals surface area (Å²) in [5.41, 5.74) is 1.29. The highest BCUT2D eigenvalue weighted by Gasteiger charge is 2.31. The maximum Gasteiger partial charge on any atom is 0.271 e. The van der Waals surface area contributed by atoms with Gasteiger partial charge < -0.3 is 4.90 Å². The summed E-state index contributed by atoms with van der Waals surface area (Å²) >= 11 is 1.28. The molecule has 1 fully saturated rings. The third-order valence-electron chi connectivity index (χ3n) is 3.90. The van der Waals surface area contributed by atoms with Crippen LogP contribution in [0.5, 0.6) is 0 Å². The summed E-state index contributed by atoms with van der Waals surface area (Å²) in [6.45, 7) is 3.55. The molecule has 1 aromatic heterocycles. The second kappa shape index (κ2) is 6.57. The molecule has 0 radical (unpaired) electrons. The van der Waals surface area contributed by atoms with E-state index in [-0.39, 0.29) is 11.9 Å². The van der Waals surface area contributed by atoms with Gasteiger partial charge in [-0.15, -0.1) is 11.3 Å². The number of thiophene rings is 1. The molecule has 1 aliphatic carbocycles. The fraction of sp³-hybridized carbons (Fsp3) is 0.353. The number of hydrogen-bond donors (Lipinski definition) is 1. The van der Waals surface area contributed by atoms with Gasteiger partial charge in [0, 0.05) is 29.2 Å². The molecule has 0 saturated heterocycles. The standard InChI is InChI=1S/C17H20N2O3S2/c1-3-16-10-11-17(23-16)24(21,22)18-13-4-6-14(7-5-13)19(12(2)20)15-8-9-15/h4-7,10-11,15,18H,3,8-9H2,1-2H3. The van der Waals surface area contributed by atoms with Gasteiger partial charge >= 0.3 is 0 Å². The summed E-state index contributed by atoms with van der Waals surface area (Å²) in [5, 5.41) is 0. The molecule has 0 spiro atoms. The lowest BCUT2D eigenvalue weighted by atomic mass is 10.2. The number of nitrogens with zero attached hydrogens (tertiary/aromatic N) is 1. The largest absolute Gasteiger partial charge is 0.310 e. The number of benzene rings is 1. The van der Waals surface area contributed by atoms with Gasteiger partial charge in [0.1, 0.15) is 4.21 Å². The number of hydrogen-bond acceptors (Lipinski definition) is 4. The van der Waals surface area contributed by atoms with E-state index in [0.717, 1.165) is 29.8 Å². The van der Waals surface area contributed by atoms with Crippen LogP contribution in [0, 0.1) is 0 Å². The van der Waals surface area contributed by atoms with E-state index in [4.69, 9.17) is 0 Å².